The van der Waals surface area contributed by atoms with Crippen LogP contribution in [0.25, 0.3) is 0 Å². The lowest BCUT2D eigenvalue weighted by molar-refractivity contribution is 0.0696. The van der Waals surface area contributed by atoms with E-state index in [0.717, 1.165) is 0 Å². The largest absolute Gasteiger partial charge is 0.478 e. The second-order valence-electron chi connectivity index (χ2n) is 3.34. The molecule has 1 heterocycles. The zero-order chi connectivity index (χ0) is 13.1. The van der Waals surface area contributed by atoms with Gasteiger partial charge in [-0.25, -0.2) is 9.78 Å². The summed E-state index contributed by atoms with van der Waals surface area (Å²) in [6.45, 7) is 0. The van der Waals surface area contributed by atoms with Crippen molar-refractivity contribution in [2.45, 2.75) is 0 Å². The number of aromatic carboxylic acids is 1. The lowest BCUT2D eigenvalue weighted by atomic mass is 10.2. The second kappa shape index (κ2) is 5.37. The number of ether oxygens (including phenoxy) is 1. The van der Waals surface area contributed by atoms with Crippen LogP contribution < -0.4 is 4.74 Å². The second-order valence-corrected chi connectivity index (χ2v) is 4.60. The quantitative estimate of drug-likeness (QED) is 0.925. The van der Waals surface area contributed by atoms with E-state index in [1.807, 2.05) is 0 Å². The van der Waals surface area contributed by atoms with E-state index in [0.29, 0.717) is 16.1 Å². The Balaban J connectivity index is 2.33. The van der Waals surface area contributed by atoms with Crippen LogP contribution in [0.15, 0.2) is 41.0 Å². The standard InChI is InChI=1S/C12H7BrClNO3/c13-9-2-1-5-15-11(9)18-7-3-4-10(14)8(6-7)12(16)17/h1-6H,(H,16,17). The summed E-state index contributed by atoms with van der Waals surface area (Å²) in [5.41, 5.74) is -0.0128. The van der Waals surface area contributed by atoms with Crippen molar-refractivity contribution >= 4 is 33.5 Å². The molecule has 0 spiro atoms. The molecule has 0 bridgehead atoms. The average molecular weight is 329 g/mol. The topological polar surface area (TPSA) is 59.4 Å². The van der Waals surface area contributed by atoms with Crippen molar-refractivity contribution in [3.05, 3.63) is 51.6 Å². The van der Waals surface area contributed by atoms with Crippen molar-refractivity contribution in [1.82, 2.24) is 4.98 Å². The van der Waals surface area contributed by atoms with Gasteiger partial charge in [0, 0.05) is 6.20 Å². The molecule has 0 amide bonds. The van der Waals surface area contributed by atoms with E-state index in [4.69, 9.17) is 21.4 Å². The molecule has 0 unspecified atom stereocenters. The normalized spacial score (nSPS) is 10.1. The molecule has 2 rings (SSSR count). The fourth-order valence-electron chi connectivity index (χ4n) is 1.29. The fourth-order valence-corrected chi connectivity index (χ4v) is 1.82. The molecule has 1 aromatic carbocycles. The van der Waals surface area contributed by atoms with Crippen molar-refractivity contribution in [3.63, 3.8) is 0 Å². The summed E-state index contributed by atoms with van der Waals surface area (Å²) in [5, 5.41) is 9.11. The van der Waals surface area contributed by atoms with Crippen LogP contribution in [-0.2, 0) is 0 Å². The number of carboxylic acids is 1. The zero-order valence-corrected chi connectivity index (χ0v) is 11.3. The van der Waals surface area contributed by atoms with Gasteiger partial charge in [0.2, 0.25) is 5.88 Å². The number of rotatable bonds is 3. The summed E-state index contributed by atoms with van der Waals surface area (Å²) in [4.78, 5) is 14.9. The lowest BCUT2D eigenvalue weighted by Gasteiger charge is -2.07. The smallest absolute Gasteiger partial charge is 0.337 e. The SMILES string of the molecule is O=C(O)c1cc(Oc2ncccc2Br)ccc1Cl. The van der Waals surface area contributed by atoms with Crippen LogP contribution in [0.5, 0.6) is 11.6 Å². The Labute approximate surface area is 116 Å². The predicted molar refractivity (Wildman–Crippen MR) is 70.4 cm³/mol. The molecule has 4 nitrogen and oxygen atoms in total. The van der Waals surface area contributed by atoms with Crippen LogP contribution in [-0.4, -0.2) is 16.1 Å². The highest BCUT2D eigenvalue weighted by Gasteiger charge is 2.11. The molecule has 0 atom stereocenters. The number of carbonyl (C=O) groups is 1. The minimum Gasteiger partial charge on any atom is -0.478 e. The van der Waals surface area contributed by atoms with Gasteiger partial charge >= 0.3 is 5.97 Å². The molecule has 0 fully saturated rings. The molecule has 0 aliphatic carbocycles. The molecule has 92 valence electrons. The predicted octanol–water partition coefficient (Wildman–Crippen LogP) is 3.99. The lowest BCUT2D eigenvalue weighted by Crippen LogP contribution is -1.98. The molecule has 1 N–H and O–H groups in total. The third-order valence-corrected chi connectivity index (χ3v) is 3.04. The Morgan fingerprint density at radius 3 is 2.83 bits per heavy atom. The first-order chi connectivity index (χ1) is 8.58. The van der Waals surface area contributed by atoms with Gasteiger partial charge < -0.3 is 9.84 Å². The summed E-state index contributed by atoms with van der Waals surface area (Å²) < 4.78 is 6.15. The minimum absolute atomic E-state index is 0.0128. The number of halogens is 2. The third-order valence-electron chi connectivity index (χ3n) is 2.11. The summed E-state index contributed by atoms with van der Waals surface area (Å²) in [7, 11) is 0. The van der Waals surface area contributed by atoms with E-state index in [1.165, 1.54) is 12.1 Å². The highest BCUT2D eigenvalue weighted by atomic mass is 79.9. The van der Waals surface area contributed by atoms with Gasteiger partial charge in [0.05, 0.1) is 15.1 Å². The van der Waals surface area contributed by atoms with Crippen LogP contribution in [0.1, 0.15) is 10.4 Å². The Hall–Kier alpha value is -1.59. The average Bonchev–Trinajstić information content (AvgIpc) is 2.34. The maximum atomic E-state index is 10.9. The summed E-state index contributed by atoms with van der Waals surface area (Å²) in [5.74, 6) is -0.391. The first kappa shape index (κ1) is 12.9. The van der Waals surface area contributed by atoms with Crippen molar-refractivity contribution in [3.8, 4) is 11.6 Å². The molecule has 0 aliphatic rings. The van der Waals surface area contributed by atoms with E-state index < -0.39 is 5.97 Å². The van der Waals surface area contributed by atoms with E-state index >= 15 is 0 Å². The number of nitrogens with zero attached hydrogens (tertiary/aromatic N) is 1. The molecular formula is C12H7BrClNO3. The first-order valence-corrected chi connectivity index (χ1v) is 6.06. The van der Waals surface area contributed by atoms with Crippen molar-refractivity contribution < 1.29 is 14.6 Å². The zero-order valence-electron chi connectivity index (χ0n) is 8.93. The maximum absolute atomic E-state index is 10.9. The fraction of sp³-hybridized carbons (Fsp3) is 0. The van der Waals surface area contributed by atoms with Crippen LogP contribution in [0.2, 0.25) is 5.02 Å². The molecule has 2 aromatic rings. The number of carboxylic acid groups (broad SMARTS) is 1. The van der Waals surface area contributed by atoms with E-state index in [-0.39, 0.29) is 10.6 Å². The van der Waals surface area contributed by atoms with Gasteiger partial charge in [-0.05, 0) is 46.3 Å². The highest BCUT2D eigenvalue weighted by molar-refractivity contribution is 9.10. The Kier molecular flexibility index (Phi) is 3.84. The van der Waals surface area contributed by atoms with Crippen LogP contribution in [0, 0.1) is 0 Å². The van der Waals surface area contributed by atoms with E-state index in [2.05, 4.69) is 20.9 Å². The molecule has 0 saturated heterocycles. The number of aromatic nitrogens is 1. The monoisotopic (exact) mass is 327 g/mol. The summed E-state index contributed by atoms with van der Waals surface area (Å²) >= 11 is 9.05. The Morgan fingerprint density at radius 1 is 1.39 bits per heavy atom. The van der Waals surface area contributed by atoms with Gasteiger partial charge in [-0.1, -0.05) is 11.6 Å². The highest BCUT2D eigenvalue weighted by Crippen LogP contribution is 2.29. The van der Waals surface area contributed by atoms with Gasteiger partial charge in [0.1, 0.15) is 5.75 Å². The Morgan fingerprint density at radius 2 is 2.17 bits per heavy atom. The van der Waals surface area contributed by atoms with E-state index in [9.17, 15) is 4.79 Å². The van der Waals surface area contributed by atoms with Crippen LogP contribution in [0.4, 0.5) is 0 Å². The van der Waals surface area contributed by atoms with Crippen LogP contribution >= 0.6 is 27.5 Å². The van der Waals surface area contributed by atoms with Crippen molar-refractivity contribution in [2.75, 3.05) is 0 Å². The molecule has 0 aliphatic heterocycles. The van der Waals surface area contributed by atoms with Crippen molar-refractivity contribution in [1.29, 1.82) is 0 Å². The number of benzene rings is 1. The molecule has 6 heteroatoms. The molecule has 18 heavy (non-hydrogen) atoms. The van der Waals surface area contributed by atoms with E-state index in [1.54, 1.807) is 24.4 Å². The summed E-state index contributed by atoms with van der Waals surface area (Å²) in [6, 6.07) is 7.93. The maximum Gasteiger partial charge on any atom is 0.337 e. The van der Waals surface area contributed by atoms with Gasteiger partial charge in [-0.3, -0.25) is 0 Å². The molecule has 0 radical (unpaired) electrons. The van der Waals surface area contributed by atoms with Gasteiger partial charge in [0.25, 0.3) is 0 Å². The number of hydrogen-bond donors (Lipinski definition) is 1. The minimum atomic E-state index is -1.11. The van der Waals surface area contributed by atoms with Crippen molar-refractivity contribution in [2.24, 2.45) is 0 Å². The Bertz CT molecular complexity index is 604. The molecule has 0 saturated carbocycles. The number of hydrogen-bond acceptors (Lipinski definition) is 3. The third kappa shape index (κ3) is 2.80. The number of pyridine rings is 1. The van der Waals surface area contributed by atoms with Gasteiger partial charge in [-0.2, -0.15) is 0 Å². The van der Waals surface area contributed by atoms with Crippen LogP contribution in [0.3, 0.4) is 0 Å². The van der Waals surface area contributed by atoms with Gasteiger partial charge in [0.15, 0.2) is 0 Å². The molecule has 1 aromatic heterocycles. The van der Waals surface area contributed by atoms with Gasteiger partial charge in [-0.15, -0.1) is 0 Å². The molecular weight excluding hydrogens is 321 g/mol. The first-order valence-electron chi connectivity index (χ1n) is 4.89. The summed E-state index contributed by atoms with van der Waals surface area (Å²) in [6.07, 6.45) is 1.58.